The Balaban J connectivity index is 2.23. The summed E-state index contributed by atoms with van der Waals surface area (Å²) in [7, 11) is 0. The Kier molecular flexibility index (Phi) is 4.82. The van der Waals surface area contributed by atoms with Gasteiger partial charge in [-0.3, -0.25) is 9.59 Å². The van der Waals surface area contributed by atoms with E-state index in [0.29, 0.717) is 0 Å². The number of halogens is 4. The minimum Gasteiger partial charge on any atom is -0.324 e. The van der Waals surface area contributed by atoms with E-state index >= 15 is 0 Å². The number of benzene rings is 1. The zero-order valence-electron chi connectivity index (χ0n) is 12.2. The zero-order chi connectivity index (χ0) is 17.9. The third kappa shape index (κ3) is 4.28. The van der Waals surface area contributed by atoms with Crippen LogP contribution in [0.3, 0.4) is 0 Å². The van der Waals surface area contributed by atoms with Gasteiger partial charge < -0.3 is 10.6 Å². The van der Waals surface area contributed by atoms with Gasteiger partial charge in [-0.1, -0.05) is 6.07 Å². The Morgan fingerprint density at radius 1 is 1.08 bits per heavy atom. The highest BCUT2D eigenvalue weighted by molar-refractivity contribution is 6.04. The number of nitrogens with zero attached hydrogens (tertiary/aromatic N) is 1. The first-order chi connectivity index (χ1) is 11.2. The minimum atomic E-state index is -4.64. The first-order valence-electron chi connectivity index (χ1n) is 6.59. The standard InChI is InChI=1S/C15H11F4N3O2/c1-8(23)20-11-7-9(5-6-10(11)16)14(24)22-13-4-2-3-12(21-13)15(17,18)19/h2-7H,1H3,(H,20,23)(H,21,22,24). The number of aromatic nitrogens is 1. The third-order valence-corrected chi connectivity index (χ3v) is 2.82. The van der Waals surface area contributed by atoms with Crippen LogP contribution in [0.1, 0.15) is 23.0 Å². The molecule has 2 rings (SSSR count). The Hall–Kier alpha value is -2.97. The van der Waals surface area contributed by atoms with Crippen LogP contribution in [-0.2, 0) is 11.0 Å². The summed E-state index contributed by atoms with van der Waals surface area (Å²) in [4.78, 5) is 26.3. The number of amides is 2. The lowest BCUT2D eigenvalue weighted by molar-refractivity contribution is -0.141. The predicted octanol–water partition coefficient (Wildman–Crippen LogP) is 3.45. The van der Waals surface area contributed by atoms with Gasteiger partial charge in [-0.25, -0.2) is 9.37 Å². The smallest absolute Gasteiger partial charge is 0.324 e. The van der Waals surface area contributed by atoms with Crippen molar-refractivity contribution in [3.05, 3.63) is 53.5 Å². The van der Waals surface area contributed by atoms with Crippen LogP contribution >= 0.6 is 0 Å². The first-order valence-corrected chi connectivity index (χ1v) is 6.59. The molecule has 126 valence electrons. The van der Waals surface area contributed by atoms with E-state index in [1.165, 1.54) is 13.0 Å². The van der Waals surface area contributed by atoms with Crippen LogP contribution < -0.4 is 10.6 Å². The zero-order valence-corrected chi connectivity index (χ0v) is 12.2. The van der Waals surface area contributed by atoms with Gasteiger partial charge in [0.25, 0.3) is 5.91 Å². The molecule has 2 amide bonds. The maximum atomic E-state index is 13.5. The van der Waals surface area contributed by atoms with Crippen LogP contribution in [0.25, 0.3) is 0 Å². The van der Waals surface area contributed by atoms with E-state index in [1.54, 1.807) is 0 Å². The average Bonchev–Trinajstić information content (AvgIpc) is 2.48. The second-order valence-electron chi connectivity index (χ2n) is 4.74. The van der Waals surface area contributed by atoms with E-state index in [4.69, 9.17) is 0 Å². The molecule has 1 aromatic carbocycles. The van der Waals surface area contributed by atoms with Crippen molar-refractivity contribution in [3.8, 4) is 0 Å². The maximum Gasteiger partial charge on any atom is 0.433 e. The van der Waals surface area contributed by atoms with Gasteiger partial charge in [-0.2, -0.15) is 13.2 Å². The Morgan fingerprint density at radius 3 is 2.42 bits per heavy atom. The molecule has 0 saturated heterocycles. The lowest BCUT2D eigenvalue weighted by Gasteiger charge is -2.10. The van der Waals surface area contributed by atoms with Crippen molar-refractivity contribution in [2.75, 3.05) is 10.6 Å². The molecule has 2 aromatic rings. The molecule has 1 aromatic heterocycles. The molecule has 0 atom stereocenters. The summed E-state index contributed by atoms with van der Waals surface area (Å²) in [6.45, 7) is 1.17. The van der Waals surface area contributed by atoms with Gasteiger partial charge in [0.1, 0.15) is 17.3 Å². The van der Waals surface area contributed by atoms with E-state index in [9.17, 15) is 27.2 Å². The second kappa shape index (κ2) is 6.65. The molecule has 2 N–H and O–H groups in total. The largest absolute Gasteiger partial charge is 0.433 e. The summed E-state index contributed by atoms with van der Waals surface area (Å²) >= 11 is 0. The molecular formula is C15H11F4N3O2. The van der Waals surface area contributed by atoms with E-state index in [2.05, 4.69) is 15.6 Å². The molecule has 0 spiro atoms. The van der Waals surface area contributed by atoms with Gasteiger partial charge in [0.2, 0.25) is 5.91 Å². The monoisotopic (exact) mass is 341 g/mol. The quantitative estimate of drug-likeness (QED) is 0.840. The van der Waals surface area contributed by atoms with Crippen molar-refractivity contribution in [3.63, 3.8) is 0 Å². The van der Waals surface area contributed by atoms with Gasteiger partial charge in [0.15, 0.2) is 0 Å². The van der Waals surface area contributed by atoms with Crippen LogP contribution in [0.15, 0.2) is 36.4 Å². The molecule has 0 aliphatic carbocycles. The molecule has 24 heavy (non-hydrogen) atoms. The lowest BCUT2D eigenvalue weighted by atomic mass is 10.1. The molecule has 9 heteroatoms. The van der Waals surface area contributed by atoms with Crippen LogP contribution in [0.4, 0.5) is 29.1 Å². The third-order valence-electron chi connectivity index (χ3n) is 2.82. The number of alkyl halides is 3. The maximum absolute atomic E-state index is 13.5. The molecule has 5 nitrogen and oxygen atoms in total. The van der Waals surface area contributed by atoms with Crippen LogP contribution in [0.2, 0.25) is 0 Å². The fourth-order valence-corrected chi connectivity index (χ4v) is 1.80. The summed E-state index contributed by atoms with van der Waals surface area (Å²) in [5.41, 5.74) is -1.43. The number of rotatable bonds is 3. The Bertz CT molecular complexity index is 791. The normalized spacial score (nSPS) is 11.0. The highest BCUT2D eigenvalue weighted by Gasteiger charge is 2.32. The van der Waals surface area contributed by atoms with Crippen molar-refractivity contribution in [1.29, 1.82) is 0 Å². The summed E-state index contributed by atoms with van der Waals surface area (Å²) in [6, 6.07) is 6.20. The van der Waals surface area contributed by atoms with E-state index in [1.807, 2.05) is 0 Å². The molecule has 0 radical (unpaired) electrons. The van der Waals surface area contributed by atoms with E-state index in [-0.39, 0.29) is 17.1 Å². The molecule has 0 bridgehead atoms. The van der Waals surface area contributed by atoms with Gasteiger partial charge in [-0.15, -0.1) is 0 Å². The van der Waals surface area contributed by atoms with Gasteiger partial charge in [-0.05, 0) is 30.3 Å². The fourth-order valence-electron chi connectivity index (χ4n) is 1.80. The number of carbonyl (C=O) groups is 2. The predicted molar refractivity (Wildman–Crippen MR) is 77.9 cm³/mol. The van der Waals surface area contributed by atoms with Crippen molar-refractivity contribution >= 4 is 23.3 Å². The van der Waals surface area contributed by atoms with Crippen molar-refractivity contribution in [1.82, 2.24) is 4.98 Å². The van der Waals surface area contributed by atoms with Crippen molar-refractivity contribution in [2.24, 2.45) is 0 Å². The molecular weight excluding hydrogens is 330 g/mol. The number of carbonyl (C=O) groups excluding carboxylic acids is 2. The average molecular weight is 341 g/mol. The minimum absolute atomic E-state index is 0.0561. The molecule has 0 aliphatic rings. The highest BCUT2D eigenvalue weighted by atomic mass is 19.4. The van der Waals surface area contributed by atoms with Crippen LogP contribution in [0.5, 0.6) is 0 Å². The summed E-state index contributed by atoms with van der Waals surface area (Å²) in [5.74, 6) is -2.39. The lowest BCUT2D eigenvalue weighted by Crippen LogP contribution is -2.16. The summed E-state index contributed by atoms with van der Waals surface area (Å²) in [5, 5.41) is 4.39. The number of pyridine rings is 1. The number of hydrogen-bond acceptors (Lipinski definition) is 3. The molecule has 0 unspecified atom stereocenters. The molecule has 0 fully saturated rings. The molecule has 0 saturated carbocycles. The molecule has 1 heterocycles. The Morgan fingerprint density at radius 2 is 1.79 bits per heavy atom. The van der Waals surface area contributed by atoms with Gasteiger partial charge in [0.05, 0.1) is 5.69 Å². The topological polar surface area (TPSA) is 71.1 Å². The van der Waals surface area contributed by atoms with Crippen LogP contribution in [0, 0.1) is 5.82 Å². The fraction of sp³-hybridized carbons (Fsp3) is 0.133. The number of hydrogen-bond donors (Lipinski definition) is 2. The first kappa shape index (κ1) is 17.4. The van der Waals surface area contributed by atoms with Gasteiger partial charge in [0, 0.05) is 12.5 Å². The second-order valence-corrected chi connectivity index (χ2v) is 4.74. The summed E-state index contributed by atoms with van der Waals surface area (Å²) in [6.07, 6.45) is -4.64. The molecule has 0 aliphatic heterocycles. The van der Waals surface area contributed by atoms with Crippen molar-refractivity contribution in [2.45, 2.75) is 13.1 Å². The van der Waals surface area contributed by atoms with E-state index < -0.39 is 29.5 Å². The summed E-state index contributed by atoms with van der Waals surface area (Å²) < 4.78 is 51.3. The highest BCUT2D eigenvalue weighted by Crippen LogP contribution is 2.28. The number of anilines is 2. The van der Waals surface area contributed by atoms with Gasteiger partial charge >= 0.3 is 6.18 Å². The number of nitrogens with one attached hydrogen (secondary N) is 2. The SMILES string of the molecule is CC(=O)Nc1cc(C(=O)Nc2cccc(C(F)(F)F)n2)ccc1F. The van der Waals surface area contributed by atoms with E-state index in [0.717, 1.165) is 30.3 Å². The van der Waals surface area contributed by atoms with Crippen molar-refractivity contribution < 1.29 is 27.2 Å². The Labute approximate surface area is 133 Å². The van der Waals surface area contributed by atoms with Crippen LogP contribution in [-0.4, -0.2) is 16.8 Å².